The van der Waals surface area contributed by atoms with Gasteiger partial charge in [-0.2, -0.15) is 0 Å². The number of rotatable bonds is 7. The van der Waals surface area contributed by atoms with Gasteiger partial charge >= 0.3 is 5.97 Å². The highest BCUT2D eigenvalue weighted by Crippen LogP contribution is 2.13. The second-order valence-corrected chi connectivity index (χ2v) is 6.64. The monoisotopic (exact) mass is 373 g/mol. The van der Waals surface area contributed by atoms with Crippen LogP contribution in [-0.4, -0.2) is 23.4 Å². The Labute approximate surface area is 165 Å². The number of aryl methyl sites for hydroxylation is 1. The topological polar surface area (TPSA) is 48.3 Å². The molecule has 0 fully saturated rings. The van der Waals surface area contributed by atoms with Crippen molar-refractivity contribution in [1.82, 2.24) is 4.57 Å². The predicted octanol–water partition coefficient (Wildman–Crippen LogP) is 4.46. The summed E-state index contributed by atoms with van der Waals surface area (Å²) < 4.78 is 6.64. The molecule has 1 heterocycles. The number of hydrogen-bond acceptors (Lipinski definition) is 3. The summed E-state index contributed by atoms with van der Waals surface area (Å²) in [5.41, 5.74) is 4.38. The molecule has 0 unspecified atom stereocenters. The van der Waals surface area contributed by atoms with Crippen LogP contribution in [0.25, 0.3) is 6.08 Å². The molecule has 0 radical (unpaired) electrons. The molecule has 0 saturated carbocycles. The van der Waals surface area contributed by atoms with Crippen LogP contribution in [0.4, 0.5) is 0 Å². The average Bonchev–Trinajstić information content (AvgIpc) is 3.17. The molecule has 0 aliphatic heterocycles. The van der Waals surface area contributed by atoms with Crippen LogP contribution >= 0.6 is 0 Å². The Morgan fingerprint density at radius 2 is 1.82 bits per heavy atom. The Morgan fingerprint density at radius 3 is 2.57 bits per heavy atom. The van der Waals surface area contributed by atoms with Gasteiger partial charge in [-0.05, 0) is 30.2 Å². The molecule has 0 saturated heterocycles. The number of nitrogens with zero attached hydrogens (tertiary/aromatic N) is 1. The first-order valence-corrected chi connectivity index (χ1v) is 9.15. The molecule has 28 heavy (non-hydrogen) atoms. The molecular weight excluding hydrogens is 350 g/mol. The van der Waals surface area contributed by atoms with Crippen LogP contribution in [0.5, 0.6) is 0 Å². The third kappa shape index (κ3) is 4.86. The molecule has 0 amide bonds. The fraction of sp³-hybridized carbons (Fsp3) is 0.167. The Balaban J connectivity index is 1.70. The van der Waals surface area contributed by atoms with Crippen molar-refractivity contribution >= 4 is 17.8 Å². The molecule has 0 aliphatic rings. The first-order valence-electron chi connectivity index (χ1n) is 9.15. The van der Waals surface area contributed by atoms with Crippen LogP contribution < -0.4 is 0 Å². The maximum atomic E-state index is 12.8. The maximum Gasteiger partial charge on any atom is 0.309 e. The fourth-order valence-electron chi connectivity index (χ4n) is 2.98. The molecule has 0 aliphatic carbocycles. The summed E-state index contributed by atoms with van der Waals surface area (Å²) in [5, 5.41) is 0. The van der Waals surface area contributed by atoms with E-state index in [1.54, 1.807) is 0 Å². The molecule has 4 heteroatoms. The van der Waals surface area contributed by atoms with E-state index >= 15 is 0 Å². The zero-order valence-electron chi connectivity index (χ0n) is 16.1. The second-order valence-electron chi connectivity index (χ2n) is 6.64. The summed E-state index contributed by atoms with van der Waals surface area (Å²) >= 11 is 0. The number of methoxy groups -OCH3 is 1. The van der Waals surface area contributed by atoms with Gasteiger partial charge in [-0.15, -0.1) is 0 Å². The quantitative estimate of drug-likeness (QED) is 0.454. The summed E-state index contributed by atoms with van der Waals surface area (Å²) in [6, 6.07) is 19.1. The largest absolute Gasteiger partial charge is 0.469 e. The van der Waals surface area contributed by atoms with Gasteiger partial charge in [0.1, 0.15) is 0 Å². The number of ketones is 1. The third-order valence-electron chi connectivity index (χ3n) is 4.52. The van der Waals surface area contributed by atoms with E-state index < -0.39 is 0 Å². The van der Waals surface area contributed by atoms with Crippen LogP contribution in [0.1, 0.15) is 32.7 Å². The number of allylic oxidation sites excluding steroid dienone is 1. The number of carbonyl (C=O) groups excluding carboxylic acids is 2. The number of hydrogen-bond donors (Lipinski definition) is 0. The Morgan fingerprint density at radius 1 is 1.04 bits per heavy atom. The van der Waals surface area contributed by atoms with E-state index in [0.29, 0.717) is 17.8 Å². The Hall–Kier alpha value is -3.40. The van der Waals surface area contributed by atoms with Crippen molar-refractivity contribution in [3.63, 3.8) is 0 Å². The third-order valence-corrected chi connectivity index (χ3v) is 4.52. The van der Waals surface area contributed by atoms with Gasteiger partial charge in [-0.1, -0.05) is 66.2 Å². The molecule has 0 bridgehead atoms. The van der Waals surface area contributed by atoms with Crippen LogP contribution in [-0.2, 0) is 22.5 Å². The van der Waals surface area contributed by atoms with E-state index in [1.165, 1.54) is 7.11 Å². The molecule has 0 atom stereocenters. The standard InChI is InChI=1S/C24H23NO3/c1-18-10-12-21(13-11-18)24(27)22-9-5-15-25(22)14-4-8-19-6-3-7-20(16-19)17-23(26)28-2/h3-13,15-16H,14,17H2,1-2H3/b8-4+. The normalized spacial score (nSPS) is 10.9. The molecule has 3 aromatic rings. The molecular formula is C24H23NO3. The molecule has 2 aromatic carbocycles. The van der Waals surface area contributed by atoms with Gasteiger partial charge < -0.3 is 9.30 Å². The van der Waals surface area contributed by atoms with Gasteiger partial charge in [0.25, 0.3) is 0 Å². The minimum atomic E-state index is -0.257. The van der Waals surface area contributed by atoms with Crippen molar-refractivity contribution in [2.24, 2.45) is 0 Å². The second kappa shape index (κ2) is 9.00. The lowest BCUT2D eigenvalue weighted by molar-refractivity contribution is -0.139. The van der Waals surface area contributed by atoms with Crippen LogP contribution in [0.15, 0.2) is 72.9 Å². The van der Waals surface area contributed by atoms with E-state index in [0.717, 1.165) is 16.7 Å². The highest BCUT2D eigenvalue weighted by atomic mass is 16.5. The van der Waals surface area contributed by atoms with Crippen LogP contribution in [0.3, 0.4) is 0 Å². The average molecular weight is 373 g/mol. The summed E-state index contributed by atoms with van der Waals surface area (Å²) in [4.78, 5) is 24.2. The minimum Gasteiger partial charge on any atom is -0.469 e. The summed E-state index contributed by atoms with van der Waals surface area (Å²) in [6.07, 6.45) is 6.15. The summed E-state index contributed by atoms with van der Waals surface area (Å²) in [7, 11) is 1.39. The number of carbonyl (C=O) groups is 2. The van der Waals surface area contributed by atoms with E-state index in [9.17, 15) is 9.59 Å². The van der Waals surface area contributed by atoms with E-state index in [2.05, 4.69) is 0 Å². The smallest absolute Gasteiger partial charge is 0.309 e. The van der Waals surface area contributed by atoms with Crippen LogP contribution in [0.2, 0.25) is 0 Å². The molecule has 0 spiro atoms. The summed E-state index contributed by atoms with van der Waals surface area (Å²) in [5.74, 6) is -0.244. The molecule has 0 N–H and O–H groups in total. The zero-order valence-corrected chi connectivity index (χ0v) is 16.1. The lowest BCUT2D eigenvalue weighted by Crippen LogP contribution is -2.09. The molecule has 3 rings (SSSR count). The van der Waals surface area contributed by atoms with Gasteiger partial charge in [-0.3, -0.25) is 9.59 Å². The maximum absolute atomic E-state index is 12.8. The van der Waals surface area contributed by atoms with Crippen LogP contribution in [0, 0.1) is 6.92 Å². The van der Waals surface area contributed by atoms with Crippen molar-refractivity contribution in [3.05, 3.63) is 101 Å². The lowest BCUT2D eigenvalue weighted by atomic mass is 10.1. The van der Waals surface area contributed by atoms with E-state index in [1.807, 2.05) is 90.5 Å². The first-order chi connectivity index (χ1) is 13.6. The van der Waals surface area contributed by atoms with Gasteiger partial charge in [0, 0.05) is 18.3 Å². The Kier molecular flexibility index (Phi) is 6.22. The lowest BCUT2D eigenvalue weighted by Gasteiger charge is -2.07. The molecule has 1 aromatic heterocycles. The van der Waals surface area contributed by atoms with Gasteiger partial charge in [0.15, 0.2) is 0 Å². The van der Waals surface area contributed by atoms with E-state index in [4.69, 9.17) is 4.74 Å². The number of benzene rings is 2. The number of ether oxygens (including phenoxy) is 1. The number of aromatic nitrogens is 1. The van der Waals surface area contributed by atoms with Crippen molar-refractivity contribution in [3.8, 4) is 0 Å². The first kappa shape index (κ1) is 19.4. The SMILES string of the molecule is COC(=O)Cc1cccc(/C=C/Cn2cccc2C(=O)c2ccc(C)cc2)c1. The molecule has 4 nitrogen and oxygen atoms in total. The van der Waals surface area contributed by atoms with Crippen molar-refractivity contribution in [2.75, 3.05) is 7.11 Å². The van der Waals surface area contributed by atoms with Gasteiger partial charge in [0.2, 0.25) is 5.78 Å². The fourth-order valence-corrected chi connectivity index (χ4v) is 2.98. The van der Waals surface area contributed by atoms with Gasteiger partial charge in [-0.25, -0.2) is 0 Å². The van der Waals surface area contributed by atoms with E-state index in [-0.39, 0.29) is 18.2 Å². The van der Waals surface area contributed by atoms with Gasteiger partial charge in [0.05, 0.1) is 19.2 Å². The van der Waals surface area contributed by atoms with Crippen molar-refractivity contribution < 1.29 is 14.3 Å². The van der Waals surface area contributed by atoms with Crippen molar-refractivity contribution in [2.45, 2.75) is 19.9 Å². The molecule has 142 valence electrons. The Bertz CT molecular complexity index is 997. The highest BCUT2D eigenvalue weighted by molar-refractivity contribution is 6.08. The number of esters is 1. The summed E-state index contributed by atoms with van der Waals surface area (Å²) in [6.45, 7) is 2.59. The predicted molar refractivity (Wildman–Crippen MR) is 110 cm³/mol. The minimum absolute atomic E-state index is 0.0125. The zero-order chi connectivity index (χ0) is 19.9. The highest BCUT2D eigenvalue weighted by Gasteiger charge is 2.12. The van der Waals surface area contributed by atoms with Crippen molar-refractivity contribution in [1.29, 1.82) is 0 Å².